The molecule has 0 saturated heterocycles. The second-order valence-electron chi connectivity index (χ2n) is 5.12. The number of ether oxygens (including phenoxy) is 1. The van der Waals surface area contributed by atoms with Gasteiger partial charge in [-0.3, -0.25) is 0 Å². The predicted molar refractivity (Wildman–Crippen MR) is 83.9 cm³/mol. The Bertz CT molecular complexity index is 647. The lowest BCUT2D eigenvalue weighted by atomic mass is 10.00. The van der Waals surface area contributed by atoms with Crippen molar-refractivity contribution in [1.82, 2.24) is 0 Å². The molecule has 0 unspecified atom stereocenters. The molecule has 3 atom stereocenters. The fourth-order valence-corrected chi connectivity index (χ4v) is 5.49. The number of halogens is 1. The van der Waals surface area contributed by atoms with Gasteiger partial charge in [0.15, 0.2) is 9.84 Å². The third kappa shape index (κ3) is 2.45. The molecule has 2 N–H and O–H groups in total. The maximum atomic E-state index is 12.1. The van der Waals surface area contributed by atoms with Crippen molar-refractivity contribution >= 4 is 38.6 Å². The summed E-state index contributed by atoms with van der Waals surface area (Å²) in [5.41, 5.74) is 5.80. The van der Waals surface area contributed by atoms with Crippen molar-refractivity contribution in [3.05, 3.63) is 34.9 Å². The molecule has 0 spiro atoms. The predicted octanol–water partition coefficient (Wildman–Crippen LogP) is 1.77. The highest BCUT2D eigenvalue weighted by Crippen LogP contribution is 2.63. The van der Waals surface area contributed by atoms with Crippen LogP contribution in [0.5, 0.6) is 0 Å². The zero-order valence-electron chi connectivity index (χ0n) is 11.2. The number of methoxy groups -OCH3 is 1. The first-order chi connectivity index (χ1) is 9.25. The van der Waals surface area contributed by atoms with Gasteiger partial charge in [-0.1, -0.05) is 36.0 Å². The molecule has 0 bridgehead atoms. The van der Waals surface area contributed by atoms with E-state index in [4.69, 9.17) is 34.3 Å². The standard InChI is InChI=1S/C13H16ClNO3S2/c1-18-7-13(12(15)19)10(11(13)20(2,16)17)8-4-3-5-9(14)6-8/h3-6,10-11H,7H2,1-2H3,(H2,15,19)/t10-,11+,13-/m0/s1. The molecule has 4 nitrogen and oxygen atoms in total. The van der Waals surface area contributed by atoms with Gasteiger partial charge in [-0.15, -0.1) is 0 Å². The highest BCUT2D eigenvalue weighted by atomic mass is 35.5. The largest absolute Gasteiger partial charge is 0.393 e. The summed E-state index contributed by atoms with van der Waals surface area (Å²) >= 11 is 11.1. The summed E-state index contributed by atoms with van der Waals surface area (Å²) in [4.78, 5) is 0.166. The molecule has 0 heterocycles. The van der Waals surface area contributed by atoms with E-state index in [2.05, 4.69) is 0 Å². The van der Waals surface area contributed by atoms with Crippen LogP contribution in [0.15, 0.2) is 24.3 Å². The van der Waals surface area contributed by atoms with Crippen LogP contribution in [0.4, 0.5) is 0 Å². The average molecular weight is 334 g/mol. The minimum atomic E-state index is -3.31. The summed E-state index contributed by atoms with van der Waals surface area (Å²) in [6.45, 7) is 0.178. The Hall–Kier alpha value is -0.690. The zero-order chi connectivity index (χ0) is 15.1. The molecular formula is C13H16ClNO3S2. The van der Waals surface area contributed by atoms with E-state index in [9.17, 15) is 8.42 Å². The van der Waals surface area contributed by atoms with Crippen molar-refractivity contribution in [1.29, 1.82) is 0 Å². The molecule has 1 aromatic rings. The zero-order valence-corrected chi connectivity index (χ0v) is 13.6. The minimum absolute atomic E-state index is 0.166. The minimum Gasteiger partial charge on any atom is -0.393 e. The summed E-state index contributed by atoms with van der Waals surface area (Å²) < 4.78 is 29.3. The molecule has 110 valence electrons. The van der Waals surface area contributed by atoms with Gasteiger partial charge in [0.05, 0.1) is 22.3 Å². The fraction of sp³-hybridized carbons (Fsp3) is 0.462. The fourth-order valence-electron chi connectivity index (χ4n) is 2.98. The average Bonchev–Trinajstić information content (AvgIpc) is 3.00. The van der Waals surface area contributed by atoms with Gasteiger partial charge in [-0.25, -0.2) is 8.42 Å². The number of nitrogens with two attached hydrogens (primary N) is 1. The SMILES string of the molecule is COC[C@@]1(C(N)=S)[C@H](S(C)(=O)=O)[C@@H]1c1cccc(Cl)c1. The van der Waals surface area contributed by atoms with E-state index in [1.54, 1.807) is 18.2 Å². The van der Waals surface area contributed by atoms with E-state index < -0.39 is 20.5 Å². The molecule has 0 aliphatic heterocycles. The maximum absolute atomic E-state index is 12.1. The Morgan fingerprint density at radius 2 is 2.20 bits per heavy atom. The first kappa shape index (κ1) is 15.7. The Kier molecular flexibility index (Phi) is 4.12. The van der Waals surface area contributed by atoms with Crippen LogP contribution in [-0.4, -0.2) is 38.6 Å². The number of rotatable bonds is 5. The van der Waals surface area contributed by atoms with Gasteiger partial charge in [-0.2, -0.15) is 0 Å². The van der Waals surface area contributed by atoms with E-state index in [0.29, 0.717) is 5.02 Å². The van der Waals surface area contributed by atoms with Crippen molar-refractivity contribution in [3.63, 3.8) is 0 Å². The van der Waals surface area contributed by atoms with Crippen molar-refractivity contribution < 1.29 is 13.2 Å². The number of hydrogen-bond donors (Lipinski definition) is 1. The maximum Gasteiger partial charge on any atom is 0.152 e. The molecule has 1 aliphatic rings. The van der Waals surface area contributed by atoms with Crippen molar-refractivity contribution in [2.45, 2.75) is 11.2 Å². The molecule has 20 heavy (non-hydrogen) atoms. The van der Waals surface area contributed by atoms with Gasteiger partial charge in [-0.05, 0) is 17.7 Å². The lowest BCUT2D eigenvalue weighted by Crippen LogP contribution is -2.32. The Labute approximate surface area is 129 Å². The van der Waals surface area contributed by atoms with Gasteiger partial charge >= 0.3 is 0 Å². The molecule has 1 aliphatic carbocycles. The molecule has 0 radical (unpaired) electrons. The van der Waals surface area contributed by atoms with Gasteiger partial charge < -0.3 is 10.5 Å². The molecule has 0 amide bonds. The Morgan fingerprint density at radius 1 is 1.55 bits per heavy atom. The number of sulfone groups is 1. The molecular weight excluding hydrogens is 318 g/mol. The Balaban J connectivity index is 2.53. The van der Waals surface area contributed by atoms with Crippen LogP contribution in [0, 0.1) is 5.41 Å². The van der Waals surface area contributed by atoms with Crippen LogP contribution in [0.3, 0.4) is 0 Å². The van der Waals surface area contributed by atoms with Crippen molar-refractivity contribution in [2.24, 2.45) is 11.1 Å². The molecule has 1 fully saturated rings. The van der Waals surface area contributed by atoms with Crippen LogP contribution in [0.25, 0.3) is 0 Å². The van der Waals surface area contributed by atoms with Crippen LogP contribution < -0.4 is 5.73 Å². The summed E-state index contributed by atoms with van der Waals surface area (Å²) in [5.74, 6) is -0.311. The van der Waals surface area contributed by atoms with Crippen LogP contribution in [0.1, 0.15) is 11.5 Å². The quantitative estimate of drug-likeness (QED) is 0.832. The monoisotopic (exact) mass is 333 g/mol. The first-order valence-corrected chi connectivity index (χ1v) is 8.72. The van der Waals surface area contributed by atoms with Gasteiger partial charge in [0, 0.05) is 24.3 Å². The Morgan fingerprint density at radius 3 is 2.65 bits per heavy atom. The summed E-state index contributed by atoms with van der Waals surface area (Å²) in [5, 5.41) is -0.109. The van der Waals surface area contributed by atoms with E-state index in [-0.39, 0.29) is 17.5 Å². The summed E-state index contributed by atoms with van der Waals surface area (Å²) in [6.07, 6.45) is 1.20. The third-order valence-corrected chi connectivity index (χ3v) is 6.00. The third-order valence-electron chi connectivity index (χ3n) is 3.77. The second kappa shape index (κ2) is 5.26. The number of hydrogen-bond acceptors (Lipinski definition) is 4. The smallest absolute Gasteiger partial charge is 0.152 e. The summed E-state index contributed by atoms with van der Waals surface area (Å²) in [7, 11) is -1.80. The molecule has 2 rings (SSSR count). The topological polar surface area (TPSA) is 69.4 Å². The van der Waals surface area contributed by atoms with Crippen LogP contribution >= 0.6 is 23.8 Å². The van der Waals surface area contributed by atoms with E-state index >= 15 is 0 Å². The van der Waals surface area contributed by atoms with Crippen molar-refractivity contribution in [3.8, 4) is 0 Å². The normalized spacial score (nSPS) is 29.1. The lowest BCUT2D eigenvalue weighted by molar-refractivity contribution is 0.166. The van der Waals surface area contributed by atoms with Crippen molar-refractivity contribution in [2.75, 3.05) is 20.0 Å². The first-order valence-electron chi connectivity index (χ1n) is 5.98. The van der Waals surface area contributed by atoms with Crippen LogP contribution in [0.2, 0.25) is 5.02 Å². The van der Waals surface area contributed by atoms with Gasteiger partial charge in [0.1, 0.15) is 0 Å². The molecule has 1 saturated carbocycles. The number of thiocarbonyl (C=S) groups is 1. The highest BCUT2D eigenvalue weighted by molar-refractivity contribution is 7.92. The molecule has 7 heteroatoms. The molecule has 0 aromatic heterocycles. The van der Waals surface area contributed by atoms with Gasteiger partial charge in [0.2, 0.25) is 0 Å². The lowest BCUT2D eigenvalue weighted by Gasteiger charge is -2.15. The summed E-state index contributed by atoms with van der Waals surface area (Å²) in [6, 6.07) is 7.11. The van der Waals surface area contributed by atoms with E-state index in [1.807, 2.05) is 6.07 Å². The molecule has 1 aromatic carbocycles. The van der Waals surface area contributed by atoms with E-state index in [0.717, 1.165) is 5.56 Å². The highest BCUT2D eigenvalue weighted by Gasteiger charge is 2.71. The van der Waals surface area contributed by atoms with Gasteiger partial charge in [0.25, 0.3) is 0 Å². The van der Waals surface area contributed by atoms with E-state index in [1.165, 1.54) is 13.4 Å². The van der Waals surface area contributed by atoms with Crippen LogP contribution in [-0.2, 0) is 14.6 Å². The second-order valence-corrected chi connectivity index (χ2v) is 8.16. The number of benzene rings is 1.